The normalized spacial score (nSPS) is 28.1. The number of anilines is 1. The number of likely N-dealkylation sites (tertiary alicyclic amines) is 1. The second-order valence-electron chi connectivity index (χ2n) is 13.5. The lowest BCUT2D eigenvalue weighted by Gasteiger charge is -2.45. The Balaban J connectivity index is 1.16. The lowest BCUT2D eigenvalue weighted by atomic mass is 9.89. The van der Waals surface area contributed by atoms with E-state index >= 15 is 0 Å². The van der Waals surface area contributed by atoms with E-state index in [9.17, 15) is 14.4 Å². The molecular formula is C35H51N5O5. The molecule has 246 valence electrons. The number of aromatic nitrogens is 2. The van der Waals surface area contributed by atoms with Crippen molar-refractivity contribution in [1.82, 2.24) is 19.4 Å². The molecule has 4 fully saturated rings. The minimum atomic E-state index is -0.552. The summed E-state index contributed by atoms with van der Waals surface area (Å²) in [6.45, 7) is 5.94. The zero-order valence-electron chi connectivity index (χ0n) is 27.1. The maximum atomic E-state index is 14.1. The highest BCUT2D eigenvalue weighted by molar-refractivity contribution is 5.83. The molecule has 2 aromatic rings. The van der Waals surface area contributed by atoms with Crippen LogP contribution < -0.4 is 10.9 Å². The Bertz CT molecular complexity index is 1350. The van der Waals surface area contributed by atoms with E-state index in [1.165, 1.54) is 57.8 Å². The highest BCUT2D eigenvalue weighted by Gasteiger charge is 2.45. The number of ether oxygens (including phenoxy) is 2. The van der Waals surface area contributed by atoms with Gasteiger partial charge in [-0.15, -0.1) is 0 Å². The quantitative estimate of drug-likeness (QED) is 0.376. The Morgan fingerprint density at radius 2 is 1.42 bits per heavy atom. The average molecular weight is 622 g/mol. The van der Waals surface area contributed by atoms with Crippen LogP contribution in [0.1, 0.15) is 90.5 Å². The van der Waals surface area contributed by atoms with Gasteiger partial charge in [-0.25, -0.2) is 4.98 Å². The van der Waals surface area contributed by atoms with Crippen LogP contribution in [0.4, 0.5) is 5.82 Å². The van der Waals surface area contributed by atoms with Gasteiger partial charge in [-0.1, -0.05) is 44.2 Å². The summed E-state index contributed by atoms with van der Waals surface area (Å²) in [5, 5.41) is 3.33. The van der Waals surface area contributed by atoms with E-state index in [-0.39, 0.29) is 36.8 Å². The third kappa shape index (κ3) is 6.92. The topological polar surface area (TPSA) is 106 Å². The van der Waals surface area contributed by atoms with Crippen molar-refractivity contribution in [2.75, 3.05) is 44.7 Å². The Hall–Kier alpha value is -2.98. The number of esters is 2. The number of fused-ring (bicyclic) bond motifs is 3. The van der Waals surface area contributed by atoms with Gasteiger partial charge in [-0.3, -0.25) is 24.2 Å². The van der Waals surface area contributed by atoms with Gasteiger partial charge in [0.2, 0.25) is 0 Å². The minimum absolute atomic E-state index is 0.0623. The molecule has 1 aliphatic carbocycles. The first-order valence-electron chi connectivity index (χ1n) is 17.6. The summed E-state index contributed by atoms with van der Waals surface area (Å²) in [5.41, 5.74) is 1.67. The average Bonchev–Trinajstić information content (AvgIpc) is 3.55. The van der Waals surface area contributed by atoms with E-state index in [0.717, 1.165) is 23.9 Å². The molecule has 2 unspecified atom stereocenters. The summed E-state index contributed by atoms with van der Waals surface area (Å²) < 4.78 is 12.6. The predicted octanol–water partition coefficient (Wildman–Crippen LogP) is 4.76. The SMILES string of the molecule is CCOC(=O)[C@H]1CN(CCNc2nc3ccccc3n(C3CC4CCC(C3)N4C3CCCCCCC3)c2=O)C[C@H]1C(=O)OCC. The van der Waals surface area contributed by atoms with Gasteiger partial charge in [-0.05, 0) is 64.5 Å². The summed E-state index contributed by atoms with van der Waals surface area (Å²) in [6, 6.07) is 9.94. The third-order valence-corrected chi connectivity index (χ3v) is 10.7. The lowest BCUT2D eigenvalue weighted by Crippen LogP contribution is -2.50. The van der Waals surface area contributed by atoms with Crippen LogP contribution in [-0.4, -0.2) is 88.8 Å². The van der Waals surface area contributed by atoms with E-state index in [1.807, 2.05) is 28.8 Å². The molecule has 45 heavy (non-hydrogen) atoms. The molecule has 10 nitrogen and oxygen atoms in total. The molecule has 1 aromatic carbocycles. The van der Waals surface area contributed by atoms with E-state index in [1.54, 1.807) is 13.8 Å². The van der Waals surface area contributed by atoms with Gasteiger partial charge in [0.25, 0.3) is 5.56 Å². The van der Waals surface area contributed by atoms with Crippen LogP contribution in [0.15, 0.2) is 29.1 Å². The Morgan fingerprint density at radius 3 is 2.04 bits per heavy atom. The molecule has 4 atom stereocenters. The first-order valence-corrected chi connectivity index (χ1v) is 17.6. The molecule has 4 heterocycles. The van der Waals surface area contributed by atoms with Crippen molar-refractivity contribution < 1.29 is 19.1 Å². The maximum Gasteiger partial charge on any atom is 0.311 e. The number of piperidine rings is 1. The molecule has 3 saturated heterocycles. The number of carbonyl (C=O) groups excluding carboxylic acids is 2. The van der Waals surface area contributed by atoms with Crippen LogP contribution in [0, 0.1) is 11.8 Å². The molecule has 3 aliphatic heterocycles. The van der Waals surface area contributed by atoms with E-state index < -0.39 is 11.8 Å². The number of rotatable bonds is 10. The van der Waals surface area contributed by atoms with Crippen molar-refractivity contribution in [3.63, 3.8) is 0 Å². The van der Waals surface area contributed by atoms with Gasteiger partial charge in [0.15, 0.2) is 5.82 Å². The molecule has 10 heteroatoms. The molecule has 6 rings (SSSR count). The molecule has 2 bridgehead atoms. The van der Waals surface area contributed by atoms with Crippen molar-refractivity contribution >= 4 is 28.8 Å². The summed E-state index contributed by atoms with van der Waals surface area (Å²) in [6.07, 6.45) is 13.9. The first kappa shape index (κ1) is 32.0. The fourth-order valence-corrected chi connectivity index (χ4v) is 8.73. The highest BCUT2D eigenvalue weighted by Crippen LogP contribution is 2.44. The molecular weight excluding hydrogens is 570 g/mol. The van der Waals surface area contributed by atoms with Gasteiger partial charge < -0.3 is 19.4 Å². The van der Waals surface area contributed by atoms with Crippen molar-refractivity contribution in [2.24, 2.45) is 11.8 Å². The summed E-state index contributed by atoms with van der Waals surface area (Å²) in [5.74, 6) is -1.46. The number of hydrogen-bond acceptors (Lipinski definition) is 9. The number of para-hydroxylation sites is 2. The fraction of sp³-hybridized carbons (Fsp3) is 0.714. The molecule has 1 aromatic heterocycles. The van der Waals surface area contributed by atoms with Crippen LogP contribution in [0.2, 0.25) is 0 Å². The Kier molecular flexibility index (Phi) is 10.4. The first-order chi connectivity index (χ1) is 22.0. The number of hydrogen-bond donors (Lipinski definition) is 1. The van der Waals surface area contributed by atoms with Crippen molar-refractivity contribution in [3.8, 4) is 0 Å². The number of carbonyl (C=O) groups is 2. The molecule has 0 spiro atoms. The molecule has 0 radical (unpaired) electrons. The van der Waals surface area contributed by atoms with Crippen LogP contribution >= 0.6 is 0 Å². The summed E-state index contributed by atoms with van der Waals surface area (Å²) in [4.78, 5) is 49.1. The highest BCUT2D eigenvalue weighted by atomic mass is 16.5. The predicted molar refractivity (Wildman–Crippen MR) is 174 cm³/mol. The number of benzene rings is 1. The zero-order valence-corrected chi connectivity index (χ0v) is 27.1. The third-order valence-electron chi connectivity index (χ3n) is 10.7. The number of nitrogens with one attached hydrogen (secondary N) is 1. The molecule has 1 N–H and O–H groups in total. The van der Waals surface area contributed by atoms with Gasteiger partial charge in [-0.2, -0.15) is 0 Å². The maximum absolute atomic E-state index is 14.1. The van der Waals surface area contributed by atoms with Gasteiger partial charge in [0.05, 0.1) is 36.1 Å². The minimum Gasteiger partial charge on any atom is -0.466 e. The molecule has 0 amide bonds. The van der Waals surface area contributed by atoms with Crippen LogP contribution in [0.25, 0.3) is 11.0 Å². The second-order valence-corrected chi connectivity index (χ2v) is 13.5. The monoisotopic (exact) mass is 621 g/mol. The van der Waals surface area contributed by atoms with Crippen LogP contribution in [-0.2, 0) is 19.1 Å². The summed E-state index contributed by atoms with van der Waals surface area (Å²) in [7, 11) is 0. The molecule has 1 saturated carbocycles. The Morgan fingerprint density at radius 1 is 0.822 bits per heavy atom. The zero-order chi connectivity index (χ0) is 31.3. The van der Waals surface area contributed by atoms with E-state index in [2.05, 4.69) is 15.1 Å². The van der Waals surface area contributed by atoms with Crippen molar-refractivity contribution in [2.45, 2.75) is 109 Å². The second kappa shape index (κ2) is 14.6. The molecule has 4 aliphatic rings. The van der Waals surface area contributed by atoms with Gasteiger partial charge >= 0.3 is 11.9 Å². The lowest BCUT2D eigenvalue weighted by molar-refractivity contribution is -0.157. The Labute approximate surface area is 266 Å². The van der Waals surface area contributed by atoms with Gasteiger partial charge in [0.1, 0.15) is 0 Å². The van der Waals surface area contributed by atoms with Crippen molar-refractivity contribution in [1.29, 1.82) is 0 Å². The smallest absolute Gasteiger partial charge is 0.311 e. The summed E-state index contributed by atoms with van der Waals surface area (Å²) >= 11 is 0. The fourth-order valence-electron chi connectivity index (χ4n) is 8.73. The largest absolute Gasteiger partial charge is 0.466 e. The van der Waals surface area contributed by atoms with Crippen LogP contribution in [0.5, 0.6) is 0 Å². The van der Waals surface area contributed by atoms with E-state index in [0.29, 0.717) is 50.1 Å². The van der Waals surface area contributed by atoms with Crippen molar-refractivity contribution in [3.05, 3.63) is 34.6 Å². The van der Waals surface area contributed by atoms with Gasteiger partial charge in [0, 0.05) is 50.3 Å². The number of nitrogens with zero attached hydrogens (tertiary/aromatic N) is 4. The standard InChI is InChI=1S/C35H51N5O5/c1-3-44-34(42)28-22-38(23-29(28)35(43)45-4-2)19-18-36-32-33(41)40(31-15-11-10-14-30(31)37-32)27-20-25-16-17-26(21-27)39(25)24-12-8-6-5-7-9-13-24/h10-11,14-15,24-29H,3-9,12-13,16-23H2,1-2H3,(H,36,37)/t25?,26?,27?,28-,29+. The van der Waals surface area contributed by atoms with E-state index in [4.69, 9.17) is 14.5 Å². The van der Waals surface area contributed by atoms with Crippen LogP contribution in [0.3, 0.4) is 0 Å².